The maximum Gasteiger partial charge on any atom is 0.235 e. The molecule has 0 aliphatic heterocycles. The van der Waals surface area contributed by atoms with Crippen molar-refractivity contribution >= 4 is 18.2 Å². The van der Waals surface area contributed by atoms with Crippen molar-refractivity contribution in [3.05, 3.63) is 0 Å². The van der Waals surface area contributed by atoms with E-state index in [1.165, 1.54) is 6.08 Å². The molecule has 0 saturated heterocycles. The number of nitrogens with zero attached hydrogens (tertiary/aromatic N) is 3. The normalized spacial score (nSPS) is 40.0. The van der Waals surface area contributed by atoms with Crippen LogP contribution in [-0.4, -0.2) is 36.4 Å². The molecule has 5 atom stereocenters. The Hall–Kier alpha value is -1.86. The summed E-state index contributed by atoms with van der Waals surface area (Å²) in [6, 6.07) is -0.0227. The first kappa shape index (κ1) is 15.5. The molecule has 2 saturated carbocycles. The highest BCUT2D eigenvalue weighted by molar-refractivity contribution is 5.39. The summed E-state index contributed by atoms with van der Waals surface area (Å²) in [6.45, 7) is 4.56. The van der Waals surface area contributed by atoms with Crippen molar-refractivity contribution in [3.63, 3.8) is 0 Å². The summed E-state index contributed by atoms with van der Waals surface area (Å²) in [5, 5.41) is 0. The van der Waals surface area contributed by atoms with Gasteiger partial charge in [0, 0.05) is 0 Å². The third kappa shape index (κ3) is 2.32. The van der Waals surface area contributed by atoms with Crippen LogP contribution in [0.1, 0.15) is 39.5 Å². The van der Waals surface area contributed by atoms with E-state index in [-0.39, 0.29) is 23.3 Å². The Morgan fingerprint density at radius 1 is 1.14 bits per heavy atom. The van der Waals surface area contributed by atoms with Gasteiger partial charge in [0.2, 0.25) is 18.2 Å². The van der Waals surface area contributed by atoms with E-state index in [1.54, 1.807) is 12.2 Å². The van der Waals surface area contributed by atoms with Crippen LogP contribution < -0.4 is 0 Å². The second-order valence-electron chi connectivity index (χ2n) is 6.41. The van der Waals surface area contributed by atoms with Gasteiger partial charge in [-0.2, -0.15) is 4.99 Å². The number of hydrogen-bond donors (Lipinski definition) is 0. The summed E-state index contributed by atoms with van der Waals surface area (Å²) < 4.78 is 0. The first-order chi connectivity index (χ1) is 10.0. The molecule has 0 radical (unpaired) electrons. The molecule has 2 fully saturated rings. The Balaban J connectivity index is 2.28. The van der Waals surface area contributed by atoms with Gasteiger partial charge >= 0.3 is 0 Å². The average molecular weight is 289 g/mol. The van der Waals surface area contributed by atoms with Gasteiger partial charge in [-0.15, -0.1) is 0 Å². The van der Waals surface area contributed by atoms with Crippen LogP contribution in [0.4, 0.5) is 0 Å². The standard InChI is InChI=1S/C15H19N3O3/c1-11-12-6-14(2,7-13(12)17-9-20)15(11,18-10-21)4-3-5-16-8-19/h11-13H,3-7H2,1-2H3. The molecule has 6 heteroatoms. The van der Waals surface area contributed by atoms with E-state index in [1.807, 2.05) is 0 Å². The summed E-state index contributed by atoms with van der Waals surface area (Å²) >= 11 is 0. The van der Waals surface area contributed by atoms with Crippen molar-refractivity contribution < 1.29 is 14.4 Å². The molecule has 112 valence electrons. The van der Waals surface area contributed by atoms with Crippen LogP contribution in [0.2, 0.25) is 0 Å². The highest BCUT2D eigenvalue weighted by atomic mass is 16.1. The molecule has 0 aromatic carbocycles. The summed E-state index contributed by atoms with van der Waals surface area (Å²) in [7, 11) is 0. The smallest absolute Gasteiger partial charge is 0.211 e. The third-order valence-electron chi connectivity index (χ3n) is 5.64. The first-order valence-electron chi connectivity index (χ1n) is 7.24. The van der Waals surface area contributed by atoms with E-state index in [4.69, 9.17) is 0 Å². The minimum absolute atomic E-state index is 0.0227. The monoisotopic (exact) mass is 289 g/mol. The van der Waals surface area contributed by atoms with Crippen molar-refractivity contribution in [3.8, 4) is 0 Å². The Labute approximate surface area is 123 Å². The molecule has 6 nitrogen and oxygen atoms in total. The van der Waals surface area contributed by atoms with Gasteiger partial charge in [-0.3, -0.25) is 0 Å². The van der Waals surface area contributed by atoms with E-state index < -0.39 is 5.54 Å². The summed E-state index contributed by atoms with van der Waals surface area (Å²) in [4.78, 5) is 43.3. The number of fused-ring (bicyclic) bond motifs is 2. The van der Waals surface area contributed by atoms with E-state index in [9.17, 15) is 14.4 Å². The minimum Gasteiger partial charge on any atom is -0.211 e. The molecule has 2 aliphatic carbocycles. The lowest BCUT2D eigenvalue weighted by molar-refractivity contribution is 0.0935. The lowest BCUT2D eigenvalue weighted by Gasteiger charge is -2.46. The zero-order valence-corrected chi connectivity index (χ0v) is 12.3. The van der Waals surface area contributed by atoms with Crippen molar-refractivity contribution in [1.29, 1.82) is 0 Å². The van der Waals surface area contributed by atoms with Gasteiger partial charge in [0.1, 0.15) is 0 Å². The molecule has 0 heterocycles. The third-order valence-corrected chi connectivity index (χ3v) is 5.64. The summed E-state index contributed by atoms with van der Waals surface area (Å²) in [5.74, 6) is 0.378. The number of aliphatic imine (C=N–C) groups is 3. The molecule has 2 rings (SSSR count). The molecule has 0 amide bonds. The molecular weight excluding hydrogens is 270 g/mol. The highest BCUT2D eigenvalue weighted by Crippen LogP contribution is 2.66. The van der Waals surface area contributed by atoms with E-state index in [2.05, 4.69) is 28.8 Å². The molecule has 0 N–H and O–H groups in total. The van der Waals surface area contributed by atoms with Crippen molar-refractivity contribution in [2.45, 2.75) is 51.1 Å². The SMILES string of the molecule is CC1C2CC(C)(CC2N=C=O)C1(CCCN=C=O)N=C=O. The zero-order valence-electron chi connectivity index (χ0n) is 12.3. The Morgan fingerprint density at radius 2 is 1.90 bits per heavy atom. The van der Waals surface area contributed by atoms with Crippen LogP contribution >= 0.6 is 0 Å². The molecule has 0 spiro atoms. The van der Waals surface area contributed by atoms with Crippen LogP contribution in [0, 0.1) is 17.3 Å². The van der Waals surface area contributed by atoms with Gasteiger partial charge in [0.05, 0.1) is 18.1 Å². The predicted molar refractivity (Wildman–Crippen MR) is 75.0 cm³/mol. The topological polar surface area (TPSA) is 88.3 Å². The van der Waals surface area contributed by atoms with Gasteiger partial charge < -0.3 is 0 Å². The van der Waals surface area contributed by atoms with E-state index >= 15 is 0 Å². The van der Waals surface area contributed by atoms with Gasteiger partial charge in [0.15, 0.2) is 0 Å². The van der Waals surface area contributed by atoms with Crippen LogP contribution in [0.3, 0.4) is 0 Å². The summed E-state index contributed by atoms with van der Waals surface area (Å²) in [6.07, 6.45) is 7.91. The molecule has 2 aliphatic rings. The van der Waals surface area contributed by atoms with E-state index in [0.717, 1.165) is 12.8 Å². The molecule has 5 unspecified atom stereocenters. The lowest BCUT2D eigenvalue weighted by atomic mass is 9.62. The van der Waals surface area contributed by atoms with E-state index in [0.29, 0.717) is 19.4 Å². The highest BCUT2D eigenvalue weighted by Gasteiger charge is 2.66. The maximum atomic E-state index is 11.0. The second-order valence-corrected chi connectivity index (χ2v) is 6.41. The second kappa shape index (κ2) is 5.87. The molecule has 0 aromatic heterocycles. The fourth-order valence-corrected chi connectivity index (χ4v) is 4.71. The minimum atomic E-state index is -0.493. The average Bonchev–Trinajstić information content (AvgIpc) is 2.88. The summed E-state index contributed by atoms with van der Waals surface area (Å²) in [5.41, 5.74) is -0.670. The molecule has 2 bridgehead atoms. The van der Waals surface area contributed by atoms with Crippen LogP contribution in [0.25, 0.3) is 0 Å². The quantitative estimate of drug-likeness (QED) is 0.425. The van der Waals surface area contributed by atoms with Gasteiger partial charge in [-0.25, -0.2) is 24.4 Å². The predicted octanol–water partition coefficient (Wildman–Crippen LogP) is 1.95. The largest absolute Gasteiger partial charge is 0.235 e. The molecule has 21 heavy (non-hydrogen) atoms. The number of isocyanates is 3. The van der Waals surface area contributed by atoms with Crippen molar-refractivity contribution in [2.24, 2.45) is 32.2 Å². The van der Waals surface area contributed by atoms with Crippen LogP contribution in [0.5, 0.6) is 0 Å². The zero-order chi connectivity index (χ0) is 15.5. The Bertz CT molecular complexity index is 559. The maximum absolute atomic E-state index is 11.0. The fraction of sp³-hybridized carbons (Fsp3) is 0.800. The van der Waals surface area contributed by atoms with Crippen molar-refractivity contribution in [2.75, 3.05) is 6.54 Å². The number of hydrogen-bond acceptors (Lipinski definition) is 6. The number of rotatable bonds is 6. The van der Waals surface area contributed by atoms with Crippen molar-refractivity contribution in [1.82, 2.24) is 0 Å². The Morgan fingerprint density at radius 3 is 2.48 bits per heavy atom. The van der Waals surface area contributed by atoms with Gasteiger partial charge in [-0.05, 0) is 42.9 Å². The Kier molecular flexibility index (Phi) is 4.34. The van der Waals surface area contributed by atoms with Crippen LogP contribution in [0.15, 0.2) is 15.0 Å². The number of carbonyl (C=O) groups excluding carboxylic acids is 3. The van der Waals surface area contributed by atoms with Crippen LogP contribution in [-0.2, 0) is 14.4 Å². The fourth-order valence-electron chi connectivity index (χ4n) is 4.71. The van der Waals surface area contributed by atoms with Gasteiger partial charge in [-0.1, -0.05) is 13.8 Å². The van der Waals surface area contributed by atoms with Gasteiger partial charge in [0.25, 0.3) is 0 Å². The molecule has 0 aromatic rings. The lowest BCUT2D eigenvalue weighted by Crippen LogP contribution is -2.49. The molecular formula is C15H19N3O3. The first-order valence-corrected chi connectivity index (χ1v) is 7.24.